The molecule has 74 valence electrons. The van der Waals surface area contributed by atoms with Crippen molar-refractivity contribution in [1.29, 1.82) is 0 Å². The van der Waals surface area contributed by atoms with E-state index in [4.69, 9.17) is 9.84 Å². The molecule has 3 heteroatoms. The minimum atomic E-state index is -0.828. The molecule has 1 saturated heterocycles. The van der Waals surface area contributed by atoms with E-state index in [1.807, 2.05) is 13.8 Å². The van der Waals surface area contributed by atoms with Gasteiger partial charge in [0.15, 0.2) is 0 Å². The molecule has 0 radical (unpaired) electrons. The van der Waals surface area contributed by atoms with Crippen molar-refractivity contribution in [3.8, 4) is 0 Å². The van der Waals surface area contributed by atoms with Gasteiger partial charge in [-0.1, -0.05) is 6.92 Å². The summed E-state index contributed by atoms with van der Waals surface area (Å²) in [4.78, 5) is 10.7. The molecule has 0 spiro atoms. The number of rotatable bonds is 3. The van der Waals surface area contributed by atoms with Crippen molar-refractivity contribution in [2.45, 2.75) is 45.3 Å². The van der Waals surface area contributed by atoms with Gasteiger partial charge in [0.2, 0.25) is 0 Å². The van der Waals surface area contributed by atoms with Gasteiger partial charge < -0.3 is 9.84 Å². The second-order valence-electron chi connectivity index (χ2n) is 3.41. The average molecular weight is 184 g/mol. The molecule has 1 N–H and O–H groups in total. The molecule has 2 atom stereocenters. The summed E-state index contributed by atoms with van der Waals surface area (Å²) in [5.41, 5.74) is 0.458. The Kier molecular flexibility index (Phi) is 3.48. The van der Waals surface area contributed by atoms with Crippen LogP contribution in [-0.2, 0) is 9.53 Å². The number of carbonyl (C=O) groups is 1. The number of carboxylic acids is 1. The van der Waals surface area contributed by atoms with Crippen LogP contribution in [0.1, 0.15) is 33.1 Å². The number of carboxylic acid groups (broad SMARTS) is 1. The molecule has 0 saturated carbocycles. The predicted octanol–water partition coefficient (Wildman–Crippen LogP) is 1.97. The fourth-order valence-electron chi connectivity index (χ4n) is 1.52. The summed E-state index contributed by atoms with van der Waals surface area (Å²) in [6.45, 7) is 3.86. The van der Waals surface area contributed by atoms with E-state index in [0.717, 1.165) is 12.8 Å². The maximum atomic E-state index is 10.7. The van der Waals surface area contributed by atoms with Crippen LogP contribution in [0.5, 0.6) is 0 Å². The third-order valence-corrected chi connectivity index (χ3v) is 2.31. The zero-order chi connectivity index (χ0) is 9.84. The normalized spacial score (nSPS) is 29.2. The largest absolute Gasteiger partial charge is 0.478 e. The van der Waals surface area contributed by atoms with Gasteiger partial charge in [0.05, 0.1) is 12.2 Å². The van der Waals surface area contributed by atoms with Crippen molar-refractivity contribution in [2.75, 3.05) is 0 Å². The minimum absolute atomic E-state index is 0.0149. The van der Waals surface area contributed by atoms with Gasteiger partial charge in [0.1, 0.15) is 0 Å². The van der Waals surface area contributed by atoms with Crippen LogP contribution in [-0.4, -0.2) is 23.3 Å². The first kappa shape index (κ1) is 10.3. The molecule has 2 unspecified atom stereocenters. The predicted molar refractivity (Wildman–Crippen MR) is 49.6 cm³/mol. The van der Waals surface area contributed by atoms with Gasteiger partial charge in [0.25, 0.3) is 0 Å². The molecule has 0 aromatic heterocycles. The molecule has 0 bridgehead atoms. The van der Waals surface area contributed by atoms with Crippen LogP contribution in [0.2, 0.25) is 0 Å². The molecule has 1 aliphatic rings. The highest BCUT2D eigenvalue weighted by molar-refractivity contribution is 5.86. The first-order valence-electron chi connectivity index (χ1n) is 4.73. The van der Waals surface area contributed by atoms with E-state index < -0.39 is 5.97 Å². The van der Waals surface area contributed by atoms with Crippen LogP contribution in [0.15, 0.2) is 11.6 Å². The Labute approximate surface area is 78.4 Å². The summed E-state index contributed by atoms with van der Waals surface area (Å²) in [5.74, 6) is -0.828. The van der Waals surface area contributed by atoms with Gasteiger partial charge in [-0.05, 0) is 32.3 Å². The molecule has 1 fully saturated rings. The Hall–Kier alpha value is -0.830. The van der Waals surface area contributed by atoms with Crippen molar-refractivity contribution >= 4 is 5.97 Å². The van der Waals surface area contributed by atoms with Gasteiger partial charge >= 0.3 is 5.97 Å². The van der Waals surface area contributed by atoms with Crippen molar-refractivity contribution < 1.29 is 14.6 Å². The molecule has 1 rings (SSSR count). The lowest BCUT2D eigenvalue weighted by molar-refractivity contribution is -0.132. The van der Waals surface area contributed by atoms with Gasteiger partial charge in [-0.25, -0.2) is 4.79 Å². The Morgan fingerprint density at radius 1 is 1.62 bits per heavy atom. The molecule has 3 nitrogen and oxygen atoms in total. The summed E-state index contributed by atoms with van der Waals surface area (Å²) in [5, 5.41) is 8.78. The molecule has 1 aliphatic heterocycles. The second kappa shape index (κ2) is 4.42. The SMILES string of the molecule is CC/C(=C\C1CCC(C)O1)C(=O)O. The van der Waals surface area contributed by atoms with E-state index in [1.54, 1.807) is 6.08 Å². The fourth-order valence-corrected chi connectivity index (χ4v) is 1.52. The molecule has 0 aromatic carbocycles. The molecule has 0 aliphatic carbocycles. The topological polar surface area (TPSA) is 46.5 Å². The van der Waals surface area contributed by atoms with Crippen LogP contribution in [0.25, 0.3) is 0 Å². The van der Waals surface area contributed by atoms with E-state index in [-0.39, 0.29) is 12.2 Å². The van der Waals surface area contributed by atoms with E-state index in [1.165, 1.54) is 0 Å². The smallest absolute Gasteiger partial charge is 0.331 e. The molecular formula is C10H16O3. The second-order valence-corrected chi connectivity index (χ2v) is 3.41. The first-order chi connectivity index (χ1) is 6.13. The average Bonchev–Trinajstić information content (AvgIpc) is 2.46. The Morgan fingerprint density at radius 3 is 2.69 bits per heavy atom. The third kappa shape index (κ3) is 2.84. The fraction of sp³-hybridized carbons (Fsp3) is 0.700. The summed E-state index contributed by atoms with van der Waals surface area (Å²) < 4.78 is 5.50. The van der Waals surface area contributed by atoms with Gasteiger partial charge in [-0.2, -0.15) is 0 Å². The highest BCUT2D eigenvalue weighted by atomic mass is 16.5. The van der Waals surface area contributed by atoms with Crippen LogP contribution < -0.4 is 0 Å². The van der Waals surface area contributed by atoms with E-state index >= 15 is 0 Å². The highest BCUT2D eigenvalue weighted by Crippen LogP contribution is 2.21. The maximum Gasteiger partial charge on any atom is 0.331 e. The molecule has 0 aromatic rings. The number of hydrogen-bond donors (Lipinski definition) is 1. The number of aliphatic carboxylic acids is 1. The number of ether oxygens (including phenoxy) is 1. The zero-order valence-corrected chi connectivity index (χ0v) is 8.12. The van der Waals surface area contributed by atoms with Gasteiger partial charge in [-0.3, -0.25) is 0 Å². The van der Waals surface area contributed by atoms with Crippen LogP contribution in [0.4, 0.5) is 0 Å². The van der Waals surface area contributed by atoms with Crippen molar-refractivity contribution in [2.24, 2.45) is 0 Å². The lowest BCUT2D eigenvalue weighted by Gasteiger charge is -2.07. The van der Waals surface area contributed by atoms with Crippen LogP contribution in [0, 0.1) is 0 Å². The standard InChI is InChI=1S/C10H16O3/c1-3-8(10(11)12)6-9-5-4-7(2)13-9/h6-7,9H,3-5H2,1-2H3,(H,11,12)/b8-6+. The molecule has 1 heterocycles. The Bertz CT molecular complexity index is 220. The lowest BCUT2D eigenvalue weighted by atomic mass is 10.1. The van der Waals surface area contributed by atoms with E-state index in [9.17, 15) is 4.79 Å². The zero-order valence-electron chi connectivity index (χ0n) is 8.12. The summed E-state index contributed by atoms with van der Waals surface area (Å²) in [6, 6.07) is 0. The van der Waals surface area contributed by atoms with E-state index in [2.05, 4.69) is 0 Å². The van der Waals surface area contributed by atoms with Crippen molar-refractivity contribution in [3.63, 3.8) is 0 Å². The summed E-state index contributed by atoms with van der Waals surface area (Å²) in [6.07, 6.45) is 4.56. The molecule has 13 heavy (non-hydrogen) atoms. The number of hydrogen-bond acceptors (Lipinski definition) is 2. The van der Waals surface area contributed by atoms with Crippen LogP contribution in [0.3, 0.4) is 0 Å². The summed E-state index contributed by atoms with van der Waals surface area (Å²) in [7, 11) is 0. The lowest BCUT2D eigenvalue weighted by Crippen LogP contribution is -2.09. The maximum absolute atomic E-state index is 10.7. The minimum Gasteiger partial charge on any atom is -0.478 e. The van der Waals surface area contributed by atoms with Crippen LogP contribution >= 0.6 is 0 Å². The quantitative estimate of drug-likeness (QED) is 0.682. The molecule has 0 amide bonds. The van der Waals surface area contributed by atoms with Crippen molar-refractivity contribution in [3.05, 3.63) is 11.6 Å². The van der Waals surface area contributed by atoms with E-state index in [0.29, 0.717) is 12.0 Å². The first-order valence-corrected chi connectivity index (χ1v) is 4.73. The van der Waals surface area contributed by atoms with Gasteiger partial charge in [-0.15, -0.1) is 0 Å². The monoisotopic (exact) mass is 184 g/mol. The summed E-state index contributed by atoms with van der Waals surface area (Å²) >= 11 is 0. The molecular weight excluding hydrogens is 168 g/mol. The highest BCUT2D eigenvalue weighted by Gasteiger charge is 2.21. The Balaban J connectivity index is 2.57. The third-order valence-electron chi connectivity index (χ3n) is 2.31. The Morgan fingerprint density at radius 2 is 2.31 bits per heavy atom. The van der Waals surface area contributed by atoms with Gasteiger partial charge in [0, 0.05) is 5.57 Å². The van der Waals surface area contributed by atoms with Crippen molar-refractivity contribution in [1.82, 2.24) is 0 Å².